The van der Waals surface area contributed by atoms with Gasteiger partial charge in [-0.1, -0.05) is 11.6 Å². The van der Waals surface area contributed by atoms with E-state index in [1.54, 1.807) is 42.0 Å². The lowest BCUT2D eigenvalue weighted by Gasteiger charge is -2.10. The summed E-state index contributed by atoms with van der Waals surface area (Å²) in [7, 11) is 1.59. The van der Waals surface area contributed by atoms with Crippen LogP contribution in [0.3, 0.4) is 0 Å². The van der Waals surface area contributed by atoms with Crippen molar-refractivity contribution in [3.05, 3.63) is 70.1 Å². The molecule has 1 aliphatic heterocycles. The fourth-order valence-electron chi connectivity index (χ4n) is 3.93. The second kappa shape index (κ2) is 8.85. The second-order valence-electron chi connectivity index (χ2n) is 7.84. The largest absolute Gasteiger partial charge is 0.497 e. The van der Waals surface area contributed by atoms with Gasteiger partial charge in [-0.2, -0.15) is 4.98 Å². The zero-order valence-electron chi connectivity index (χ0n) is 18.1. The number of aromatic nitrogens is 4. The van der Waals surface area contributed by atoms with Gasteiger partial charge in [-0.25, -0.2) is 9.78 Å². The average Bonchev–Trinajstić information content (AvgIpc) is 3.20. The van der Waals surface area contributed by atoms with E-state index in [2.05, 4.69) is 15.1 Å². The van der Waals surface area contributed by atoms with Gasteiger partial charge in [0.25, 0.3) is 11.4 Å². The van der Waals surface area contributed by atoms with E-state index < -0.39 is 5.97 Å². The Labute approximate surface area is 189 Å². The highest BCUT2D eigenvalue weighted by atomic mass is 16.6. The molecule has 0 aliphatic carbocycles. The zero-order valence-corrected chi connectivity index (χ0v) is 18.1. The standard InChI is InChI=1S/C24H22N4O5/c1-31-17-9-6-15(7-10-17)22-26-21(33-27-22)14-32-24(30)16-8-11-18-19(13-16)25-20-5-3-2-4-12-28(20)23(18)29/h6-11,13H,2-5,12,14H2,1H3. The summed E-state index contributed by atoms with van der Waals surface area (Å²) >= 11 is 0. The van der Waals surface area contributed by atoms with Gasteiger partial charge in [-0.15, -0.1) is 0 Å². The summed E-state index contributed by atoms with van der Waals surface area (Å²) in [5, 5.41) is 4.42. The van der Waals surface area contributed by atoms with E-state index in [1.165, 1.54) is 0 Å². The molecule has 1 aliphatic rings. The second-order valence-corrected chi connectivity index (χ2v) is 7.84. The van der Waals surface area contributed by atoms with Gasteiger partial charge in [-0.3, -0.25) is 9.36 Å². The van der Waals surface area contributed by atoms with E-state index in [4.69, 9.17) is 14.0 Å². The molecule has 2 aromatic carbocycles. The lowest BCUT2D eigenvalue weighted by atomic mass is 10.1. The van der Waals surface area contributed by atoms with Crippen LogP contribution in [0.1, 0.15) is 41.3 Å². The van der Waals surface area contributed by atoms with Gasteiger partial charge in [0.1, 0.15) is 11.6 Å². The van der Waals surface area contributed by atoms with Crippen molar-refractivity contribution in [2.24, 2.45) is 0 Å². The third kappa shape index (κ3) is 4.21. The maximum Gasteiger partial charge on any atom is 0.338 e. The van der Waals surface area contributed by atoms with Crippen LogP contribution in [-0.2, 0) is 24.3 Å². The molecule has 0 spiro atoms. The summed E-state index contributed by atoms with van der Waals surface area (Å²) in [5.41, 5.74) is 1.50. The number of nitrogens with zero attached hydrogens (tertiary/aromatic N) is 4. The molecule has 0 saturated heterocycles. The van der Waals surface area contributed by atoms with Gasteiger partial charge >= 0.3 is 5.97 Å². The molecule has 4 aromatic rings. The maximum absolute atomic E-state index is 12.8. The molecule has 0 bridgehead atoms. The van der Waals surface area contributed by atoms with Crippen molar-refractivity contribution in [3.8, 4) is 17.1 Å². The molecule has 5 rings (SSSR count). The normalized spacial score (nSPS) is 13.4. The Morgan fingerprint density at radius 2 is 1.94 bits per heavy atom. The maximum atomic E-state index is 12.8. The van der Waals surface area contributed by atoms with Gasteiger partial charge in [0.2, 0.25) is 5.82 Å². The number of ether oxygens (including phenoxy) is 2. The highest BCUT2D eigenvalue weighted by Gasteiger charge is 2.17. The quantitative estimate of drug-likeness (QED) is 0.428. The van der Waals surface area contributed by atoms with E-state index in [0.717, 1.165) is 42.8 Å². The van der Waals surface area contributed by atoms with Crippen molar-refractivity contribution in [1.29, 1.82) is 0 Å². The number of aryl methyl sites for hydroxylation is 1. The third-order valence-electron chi connectivity index (χ3n) is 5.70. The zero-order chi connectivity index (χ0) is 22.8. The summed E-state index contributed by atoms with van der Waals surface area (Å²) in [6.45, 7) is 0.518. The van der Waals surface area contributed by atoms with Crippen molar-refractivity contribution >= 4 is 16.9 Å². The first-order valence-electron chi connectivity index (χ1n) is 10.8. The third-order valence-corrected chi connectivity index (χ3v) is 5.70. The number of carbonyl (C=O) groups is 1. The highest BCUT2D eigenvalue weighted by molar-refractivity contribution is 5.94. The molecular formula is C24H22N4O5. The first-order chi connectivity index (χ1) is 16.1. The Morgan fingerprint density at radius 1 is 1.09 bits per heavy atom. The minimum Gasteiger partial charge on any atom is -0.497 e. The molecule has 3 heterocycles. The van der Waals surface area contributed by atoms with E-state index in [1.807, 2.05) is 12.1 Å². The van der Waals surface area contributed by atoms with E-state index in [0.29, 0.717) is 28.8 Å². The monoisotopic (exact) mass is 446 g/mol. The van der Waals surface area contributed by atoms with Crippen LogP contribution in [0.25, 0.3) is 22.3 Å². The van der Waals surface area contributed by atoms with Crippen LogP contribution >= 0.6 is 0 Å². The van der Waals surface area contributed by atoms with Gasteiger partial charge in [0, 0.05) is 18.5 Å². The fourth-order valence-corrected chi connectivity index (χ4v) is 3.93. The molecule has 0 unspecified atom stereocenters. The Balaban J connectivity index is 1.31. The number of methoxy groups -OCH3 is 1. The molecule has 9 nitrogen and oxygen atoms in total. The molecule has 33 heavy (non-hydrogen) atoms. The number of esters is 1. The molecule has 0 N–H and O–H groups in total. The molecule has 0 amide bonds. The van der Waals surface area contributed by atoms with Gasteiger partial charge < -0.3 is 14.0 Å². The summed E-state index contributed by atoms with van der Waals surface area (Å²) in [4.78, 5) is 34.4. The number of hydrogen-bond donors (Lipinski definition) is 0. The van der Waals surface area contributed by atoms with Crippen LogP contribution in [0.2, 0.25) is 0 Å². The van der Waals surface area contributed by atoms with Crippen LogP contribution in [0.15, 0.2) is 51.8 Å². The summed E-state index contributed by atoms with van der Waals surface area (Å²) < 4.78 is 17.4. The van der Waals surface area contributed by atoms with Crippen molar-refractivity contribution in [1.82, 2.24) is 19.7 Å². The molecule has 2 aromatic heterocycles. The number of fused-ring (bicyclic) bond motifs is 2. The van der Waals surface area contributed by atoms with E-state index in [-0.39, 0.29) is 18.1 Å². The number of hydrogen-bond acceptors (Lipinski definition) is 8. The Morgan fingerprint density at radius 3 is 2.76 bits per heavy atom. The summed E-state index contributed by atoms with van der Waals surface area (Å²) in [6, 6.07) is 12.0. The lowest BCUT2D eigenvalue weighted by molar-refractivity contribution is 0.0430. The van der Waals surface area contributed by atoms with Crippen LogP contribution in [0.5, 0.6) is 5.75 Å². The summed E-state index contributed by atoms with van der Waals surface area (Å²) in [6.07, 6.45) is 3.81. The smallest absolute Gasteiger partial charge is 0.338 e. The molecule has 0 atom stereocenters. The van der Waals surface area contributed by atoms with Gasteiger partial charge in [0.15, 0.2) is 6.61 Å². The van der Waals surface area contributed by atoms with Crippen LogP contribution in [0.4, 0.5) is 0 Å². The van der Waals surface area contributed by atoms with Crippen molar-refractivity contribution in [2.75, 3.05) is 7.11 Å². The first kappa shape index (κ1) is 20.9. The fraction of sp³-hybridized carbons (Fsp3) is 0.292. The van der Waals surface area contributed by atoms with Gasteiger partial charge in [0.05, 0.1) is 23.6 Å². The average molecular weight is 446 g/mol. The Kier molecular flexibility index (Phi) is 5.60. The van der Waals surface area contributed by atoms with Crippen molar-refractivity contribution in [3.63, 3.8) is 0 Å². The van der Waals surface area contributed by atoms with Crippen LogP contribution < -0.4 is 10.3 Å². The number of rotatable bonds is 5. The van der Waals surface area contributed by atoms with Crippen LogP contribution in [0, 0.1) is 0 Å². The molecular weight excluding hydrogens is 424 g/mol. The van der Waals surface area contributed by atoms with Crippen molar-refractivity contribution < 1.29 is 18.8 Å². The predicted molar refractivity (Wildman–Crippen MR) is 119 cm³/mol. The Hall–Kier alpha value is -4.01. The highest BCUT2D eigenvalue weighted by Crippen LogP contribution is 2.20. The van der Waals surface area contributed by atoms with Crippen molar-refractivity contribution in [2.45, 2.75) is 38.8 Å². The Bertz CT molecular complexity index is 1370. The van der Waals surface area contributed by atoms with Crippen LogP contribution in [-0.4, -0.2) is 32.8 Å². The van der Waals surface area contributed by atoms with Gasteiger partial charge in [-0.05, 0) is 55.3 Å². The van der Waals surface area contributed by atoms with E-state index >= 15 is 0 Å². The first-order valence-corrected chi connectivity index (χ1v) is 10.8. The number of benzene rings is 2. The topological polar surface area (TPSA) is 109 Å². The number of carbonyl (C=O) groups excluding carboxylic acids is 1. The predicted octanol–water partition coefficient (Wildman–Crippen LogP) is 3.54. The SMILES string of the molecule is COc1ccc(-c2noc(COC(=O)c3ccc4c(=O)n5c(nc4c3)CCCCC5)n2)cc1. The molecule has 168 valence electrons. The van der Waals surface area contributed by atoms with E-state index in [9.17, 15) is 9.59 Å². The molecule has 0 saturated carbocycles. The molecule has 9 heteroatoms. The molecule has 0 fully saturated rings. The summed E-state index contributed by atoms with van der Waals surface area (Å²) in [5.74, 6) is 1.50. The minimum absolute atomic E-state index is 0.0614. The lowest BCUT2D eigenvalue weighted by Crippen LogP contribution is -2.24. The minimum atomic E-state index is -0.557. The molecule has 0 radical (unpaired) electrons.